The van der Waals surface area contributed by atoms with Gasteiger partial charge >= 0.3 is 0 Å². The second-order valence-electron chi connectivity index (χ2n) is 5.49. The fourth-order valence-electron chi connectivity index (χ4n) is 2.55. The zero-order valence-electron chi connectivity index (χ0n) is 14.9. The molecule has 3 aromatic rings. The maximum atomic E-state index is 12.4. The molecule has 0 aliphatic carbocycles. The Morgan fingerprint density at radius 3 is 2.74 bits per heavy atom. The molecule has 1 aromatic heterocycles. The third-order valence-electron chi connectivity index (χ3n) is 3.78. The number of hydrogen-bond donors (Lipinski definition) is 2. The molecule has 0 fully saturated rings. The molecule has 0 saturated carbocycles. The van der Waals surface area contributed by atoms with Crippen molar-refractivity contribution in [2.75, 3.05) is 13.7 Å². The predicted molar refractivity (Wildman–Crippen MR) is 102 cm³/mol. The van der Waals surface area contributed by atoms with Crippen LogP contribution in [-0.2, 0) is 0 Å². The highest BCUT2D eigenvalue weighted by Gasteiger charge is 2.13. The molecule has 0 spiro atoms. The van der Waals surface area contributed by atoms with E-state index in [0.717, 1.165) is 5.56 Å². The summed E-state index contributed by atoms with van der Waals surface area (Å²) in [5.41, 5.74) is 2.87. The average Bonchev–Trinajstić information content (AvgIpc) is 2.69. The van der Waals surface area contributed by atoms with Crippen molar-refractivity contribution >= 4 is 22.9 Å². The lowest BCUT2D eigenvalue weighted by molar-refractivity contribution is 0.0951. The Bertz CT molecular complexity index is 1060. The molecule has 0 atom stereocenters. The second-order valence-corrected chi connectivity index (χ2v) is 5.49. The van der Waals surface area contributed by atoms with Crippen LogP contribution in [0, 0.1) is 0 Å². The summed E-state index contributed by atoms with van der Waals surface area (Å²) < 4.78 is 10.7. The number of methoxy groups -OCH3 is 1. The number of hydrogen-bond acceptors (Lipinski definition) is 6. The van der Waals surface area contributed by atoms with E-state index in [2.05, 4.69) is 20.7 Å². The summed E-state index contributed by atoms with van der Waals surface area (Å²) in [6.07, 6.45) is 1.48. The normalized spacial score (nSPS) is 10.9. The standard InChI is InChI=1S/C19H18N4O4/c1-3-27-16-10-12(8-9-15(16)26-2)11-20-22-19(25)17-13-6-4-5-7-14(13)18(24)23-21-17/h4-11H,3H2,1-2H3,(H,22,25)(H,23,24)/b20-11+. The summed E-state index contributed by atoms with van der Waals surface area (Å²) in [6, 6.07) is 12.0. The zero-order chi connectivity index (χ0) is 19.2. The number of hydrazone groups is 1. The van der Waals surface area contributed by atoms with Gasteiger partial charge in [0.1, 0.15) is 0 Å². The van der Waals surface area contributed by atoms with E-state index >= 15 is 0 Å². The number of nitrogens with zero attached hydrogens (tertiary/aromatic N) is 2. The molecule has 2 aromatic carbocycles. The van der Waals surface area contributed by atoms with Gasteiger partial charge in [0.05, 0.1) is 25.3 Å². The van der Waals surface area contributed by atoms with Crippen LogP contribution in [-0.4, -0.2) is 36.0 Å². The second kappa shape index (κ2) is 8.13. The highest BCUT2D eigenvalue weighted by molar-refractivity contribution is 6.04. The Kier molecular flexibility index (Phi) is 5.46. The van der Waals surface area contributed by atoms with E-state index in [-0.39, 0.29) is 11.3 Å². The molecule has 2 N–H and O–H groups in total. The highest BCUT2D eigenvalue weighted by Crippen LogP contribution is 2.27. The van der Waals surface area contributed by atoms with Crippen molar-refractivity contribution in [3.63, 3.8) is 0 Å². The minimum absolute atomic E-state index is 0.0899. The lowest BCUT2D eigenvalue weighted by atomic mass is 10.1. The lowest BCUT2D eigenvalue weighted by Gasteiger charge is -2.09. The topological polar surface area (TPSA) is 106 Å². The Morgan fingerprint density at radius 2 is 2.00 bits per heavy atom. The van der Waals surface area contributed by atoms with Gasteiger partial charge < -0.3 is 9.47 Å². The van der Waals surface area contributed by atoms with Gasteiger partial charge in [0, 0.05) is 5.39 Å². The molecule has 0 saturated heterocycles. The van der Waals surface area contributed by atoms with Crippen molar-refractivity contribution in [3.05, 3.63) is 64.1 Å². The molecule has 0 unspecified atom stereocenters. The third-order valence-corrected chi connectivity index (χ3v) is 3.78. The molecule has 0 radical (unpaired) electrons. The molecule has 0 bridgehead atoms. The van der Waals surface area contributed by atoms with Crippen molar-refractivity contribution < 1.29 is 14.3 Å². The van der Waals surface area contributed by atoms with Gasteiger partial charge in [-0.05, 0) is 36.8 Å². The van der Waals surface area contributed by atoms with E-state index in [0.29, 0.717) is 28.9 Å². The number of H-pyrrole nitrogens is 1. The first-order valence-electron chi connectivity index (χ1n) is 8.25. The summed E-state index contributed by atoms with van der Waals surface area (Å²) in [4.78, 5) is 24.2. The summed E-state index contributed by atoms with van der Waals surface area (Å²) in [5.74, 6) is 0.669. The molecule has 1 amide bonds. The van der Waals surface area contributed by atoms with Crippen molar-refractivity contribution in [2.45, 2.75) is 6.92 Å². The summed E-state index contributed by atoms with van der Waals surface area (Å²) in [6.45, 7) is 2.38. The van der Waals surface area contributed by atoms with Gasteiger partial charge in [0.25, 0.3) is 11.5 Å². The molecular weight excluding hydrogens is 348 g/mol. The smallest absolute Gasteiger partial charge is 0.292 e. The number of aromatic nitrogens is 2. The number of amides is 1. The minimum Gasteiger partial charge on any atom is -0.493 e. The Hall–Kier alpha value is -3.68. The van der Waals surface area contributed by atoms with Crippen LogP contribution in [0.5, 0.6) is 11.5 Å². The number of ether oxygens (including phenoxy) is 2. The summed E-state index contributed by atoms with van der Waals surface area (Å²) >= 11 is 0. The van der Waals surface area contributed by atoms with Crippen molar-refractivity contribution in [2.24, 2.45) is 5.10 Å². The van der Waals surface area contributed by atoms with Gasteiger partial charge in [-0.1, -0.05) is 18.2 Å². The van der Waals surface area contributed by atoms with Crippen LogP contribution in [0.4, 0.5) is 0 Å². The molecule has 8 nitrogen and oxygen atoms in total. The van der Waals surface area contributed by atoms with Gasteiger partial charge in [-0.3, -0.25) is 9.59 Å². The quantitative estimate of drug-likeness (QED) is 0.513. The SMILES string of the molecule is CCOc1cc(/C=N/NC(=O)c2n[nH]c(=O)c3ccccc23)ccc1OC. The molecule has 0 aliphatic rings. The summed E-state index contributed by atoms with van der Waals surface area (Å²) in [5, 5.41) is 10.9. The molecule has 138 valence electrons. The molecule has 3 rings (SSSR count). The third kappa shape index (κ3) is 3.95. The van der Waals surface area contributed by atoms with E-state index in [1.807, 2.05) is 6.92 Å². The first-order valence-corrected chi connectivity index (χ1v) is 8.25. The highest BCUT2D eigenvalue weighted by atomic mass is 16.5. The van der Waals surface area contributed by atoms with Crippen LogP contribution in [0.15, 0.2) is 52.4 Å². The fourth-order valence-corrected chi connectivity index (χ4v) is 2.55. The number of carbonyl (C=O) groups excluding carboxylic acids is 1. The first kappa shape index (κ1) is 18.1. The Labute approximate surface area is 154 Å². The van der Waals surface area contributed by atoms with Crippen LogP contribution in [0.1, 0.15) is 23.0 Å². The number of rotatable bonds is 6. The van der Waals surface area contributed by atoms with Gasteiger partial charge in [0.2, 0.25) is 0 Å². The number of nitrogens with one attached hydrogen (secondary N) is 2. The van der Waals surface area contributed by atoms with Crippen LogP contribution < -0.4 is 20.5 Å². The van der Waals surface area contributed by atoms with Crippen LogP contribution in [0.25, 0.3) is 10.8 Å². The van der Waals surface area contributed by atoms with Crippen molar-refractivity contribution in [3.8, 4) is 11.5 Å². The van der Waals surface area contributed by atoms with Gasteiger partial charge in [-0.15, -0.1) is 0 Å². The number of aromatic amines is 1. The summed E-state index contributed by atoms with van der Waals surface area (Å²) in [7, 11) is 1.56. The Balaban J connectivity index is 1.79. The van der Waals surface area contributed by atoms with E-state index < -0.39 is 5.91 Å². The van der Waals surface area contributed by atoms with Crippen molar-refractivity contribution in [1.29, 1.82) is 0 Å². The van der Waals surface area contributed by atoms with Crippen LogP contribution in [0.3, 0.4) is 0 Å². The van der Waals surface area contributed by atoms with E-state index in [1.54, 1.807) is 49.6 Å². The van der Waals surface area contributed by atoms with E-state index in [1.165, 1.54) is 6.21 Å². The van der Waals surface area contributed by atoms with E-state index in [9.17, 15) is 9.59 Å². The molecule has 0 aliphatic heterocycles. The Morgan fingerprint density at radius 1 is 1.22 bits per heavy atom. The largest absolute Gasteiger partial charge is 0.493 e. The maximum absolute atomic E-state index is 12.4. The van der Waals surface area contributed by atoms with Gasteiger partial charge in [0.15, 0.2) is 17.2 Å². The first-order chi connectivity index (χ1) is 13.1. The molecular formula is C19H18N4O4. The van der Waals surface area contributed by atoms with Gasteiger partial charge in [-0.2, -0.15) is 10.2 Å². The maximum Gasteiger partial charge on any atom is 0.292 e. The van der Waals surface area contributed by atoms with Crippen LogP contribution in [0.2, 0.25) is 0 Å². The molecule has 27 heavy (non-hydrogen) atoms. The average molecular weight is 366 g/mol. The van der Waals surface area contributed by atoms with Crippen molar-refractivity contribution in [1.82, 2.24) is 15.6 Å². The lowest BCUT2D eigenvalue weighted by Crippen LogP contribution is -2.22. The minimum atomic E-state index is -0.530. The molecule has 8 heteroatoms. The number of benzene rings is 2. The van der Waals surface area contributed by atoms with Gasteiger partial charge in [-0.25, -0.2) is 10.5 Å². The van der Waals surface area contributed by atoms with Crippen LogP contribution >= 0.6 is 0 Å². The monoisotopic (exact) mass is 366 g/mol. The molecule has 1 heterocycles. The predicted octanol–water partition coefficient (Wildman–Crippen LogP) is 2.09. The fraction of sp³-hybridized carbons (Fsp3) is 0.158. The zero-order valence-corrected chi connectivity index (χ0v) is 14.9. The number of carbonyl (C=O) groups is 1. The van der Waals surface area contributed by atoms with E-state index in [4.69, 9.17) is 9.47 Å². The number of fused-ring (bicyclic) bond motifs is 1.